The van der Waals surface area contributed by atoms with Crippen molar-refractivity contribution in [2.24, 2.45) is 0 Å². The minimum absolute atomic E-state index is 0. The molecule has 110 valence electrons. The predicted octanol–water partition coefficient (Wildman–Crippen LogP) is 4.76. The summed E-state index contributed by atoms with van der Waals surface area (Å²) in [4.78, 5) is 11.6. The summed E-state index contributed by atoms with van der Waals surface area (Å²) < 4.78 is 0. The second-order valence-corrected chi connectivity index (χ2v) is 4.53. The molecular formula is C18H18FeN2O+4. The molecule has 3 aromatic carbocycles. The maximum atomic E-state index is 11.6. The Hall–Kier alpha value is -2.29. The number of hydrogen-bond acceptors (Lipinski definition) is 1. The van der Waals surface area contributed by atoms with E-state index in [1.807, 2.05) is 85.8 Å². The number of nitrogens with one attached hydrogen (secondary N) is 2. The topological polar surface area (TPSA) is 41.1 Å². The van der Waals surface area contributed by atoms with Gasteiger partial charge in [-0.15, -0.1) is 12.1 Å². The minimum atomic E-state index is -0.222. The van der Waals surface area contributed by atoms with Crippen molar-refractivity contribution >= 4 is 17.4 Å². The van der Waals surface area contributed by atoms with E-state index >= 15 is 0 Å². The first-order valence-corrected chi connectivity index (χ1v) is 6.78. The van der Waals surface area contributed by atoms with Crippen LogP contribution in [0.1, 0.15) is 5.56 Å². The molecule has 0 aliphatic rings. The molecule has 0 radical (unpaired) electrons. The Labute approximate surface area is 141 Å². The van der Waals surface area contributed by atoms with Crippen LogP contribution in [0.5, 0.6) is 0 Å². The van der Waals surface area contributed by atoms with Crippen LogP contribution >= 0.6 is 0 Å². The minimum Gasteiger partial charge on any atom is -0.387 e. The zero-order valence-corrected chi connectivity index (χ0v) is 13.4. The van der Waals surface area contributed by atoms with Crippen molar-refractivity contribution in [2.75, 3.05) is 10.6 Å². The molecule has 3 nitrogen and oxygen atoms in total. The molecule has 0 atom stereocenters. The number of rotatable bonds is 2. The van der Waals surface area contributed by atoms with Gasteiger partial charge in [0.25, 0.3) is 0 Å². The number of para-hydroxylation sites is 1. The number of anilines is 2. The summed E-state index contributed by atoms with van der Waals surface area (Å²) in [6.07, 6.45) is 0. The van der Waals surface area contributed by atoms with E-state index in [0.717, 1.165) is 16.9 Å². The number of benzene rings is 1. The molecule has 4 heteroatoms. The molecule has 0 fully saturated rings. The van der Waals surface area contributed by atoms with Crippen molar-refractivity contribution in [3.63, 3.8) is 0 Å². The number of urea groups is 1. The van der Waals surface area contributed by atoms with Gasteiger partial charge in [0.15, 0.2) is 0 Å². The van der Waals surface area contributed by atoms with Gasteiger partial charge in [-0.2, -0.15) is 30.3 Å². The van der Waals surface area contributed by atoms with Gasteiger partial charge < -0.3 is 15.4 Å². The van der Waals surface area contributed by atoms with Gasteiger partial charge in [-0.1, -0.05) is 18.2 Å². The standard InChI is InChI=1S/C13H13N2O.C5H5.Fe/c1-10-6-2-5-9-12(10)15-13(16)14-11-7-3-4-8-11;1-2-4-5-3-1;/h2-9H,1H3,(H2,14,15,16);1-5H;/q2*-1;+6. The molecule has 0 aliphatic heterocycles. The van der Waals surface area contributed by atoms with Crippen LogP contribution in [0.2, 0.25) is 0 Å². The molecule has 0 saturated carbocycles. The molecule has 0 aromatic heterocycles. The summed E-state index contributed by atoms with van der Waals surface area (Å²) in [6, 6.07) is 24.9. The van der Waals surface area contributed by atoms with Crippen molar-refractivity contribution in [1.82, 2.24) is 0 Å². The van der Waals surface area contributed by atoms with Crippen LogP contribution in [0, 0.1) is 6.92 Å². The summed E-state index contributed by atoms with van der Waals surface area (Å²) in [5.74, 6) is 0. The van der Waals surface area contributed by atoms with Gasteiger partial charge in [-0.25, -0.2) is 12.1 Å². The van der Waals surface area contributed by atoms with Crippen molar-refractivity contribution < 1.29 is 21.9 Å². The number of carbonyl (C=O) groups is 1. The Morgan fingerprint density at radius 2 is 1.64 bits per heavy atom. The van der Waals surface area contributed by atoms with E-state index in [2.05, 4.69) is 10.6 Å². The van der Waals surface area contributed by atoms with Crippen LogP contribution < -0.4 is 10.6 Å². The first-order chi connectivity index (χ1) is 10.3. The number of hydrogen-bond donors (Lipinski definition) is 2. The van der Waals surface area contributed by atoms with E-state index in [9.17, 15) is 4.79 Å². The smallest absolute Gasteiger partial charge is 0.387 e. The van der Waals surface area contributed by atoms with Crippen molar-refractivity contribution in [3.8, 4) is 0 Å². The van der Waals surface area contributed by atoms with Crippen molar-refractivity contribution in [2.45, 2.75) is 6.92 Å². The van der Waals surface area contributed by atoms with E-state index < -0.39 is 0 Å². The average Bonchev–Trinajstić information content (AvgIpc) is 3.16. The van der Waals surface area contributed by atoms with Gasteiger partial charge in [0, 0.05) is 5.69 Å². The fourth-order valence-electron chi connectivity index (χ4n) is 1.78. The molecule has 0 saturated heterocycles. The Balaban J connectivity index is 0.000000344. The Morgan fingerprint density at radius 3 is 2.18 bits per heavy atom. The molecule has 0 bridgehead atoms. The first kappa shape index (κ1) is 17.8. The van der Waals surface area contributed by atoms with Crippen LogP contribution in [0.15, 0.2) is 78.9 Å². The van der Waals surface area contributed by atoms with Gasteiger partial charge >= 0.3 is 17.1 Å². The van der Waals surface area contributed by atoms with E-state index in [4.69, 9.17) is 0 Å². The molecule has 3 rings (SSSR count). The largest absolute Gasteiger partial charge is 6.00 e. The van der Waals surface area contributed by atoms with E-state index in [1.165, 1.54) is 0 Å². The molecule has 2 N–H and O–H groups in total. The molecule has 3 aromatic rings. The Bertz CT molecular complexity index is 628. The molecule has 0 aliphatic carbocycles. The zero-order chi connectivity index (χ0) is 14.9. The quantitative estimate of drug-likeness (QED) is 0.515. The fourth-order valence-corrected chi connectivity index (χ4v) is 1.78. The van der Waals surface area contributed by atoms with Gasteiger partial charge in [-0.05, 0) is 24.2 Å². The number of carbonyl (C=O) groups excluding carboxylic acids is 1. The van der Waals surface area contributed by atoms with Gasteiger partial charge in [0.1, 0.15) is 0 Å². The number of aryl methyl sites for hydroxylation is 1. The Kier molecular flexibility index (Phi) is 7.76. The first-order valence-electron chi connectivity index (χ1n) is 6.78. The predicted molar refractivity (Wildman–Crippen MR) is 87.9 cm³/mol. The van der Waals surface area contributed by atoms with Crippen LogP contribution in [-0.2, 0) is 17.1 Å². The molecule has 2 amide bonds. The maximum absolute atomic E-state index is 11.6. The monoisotopic (exact) mass is 334 g/mol. The second-order valence-electron chi connectivity index (χ2n) is 4.53. The molecule has 0 heterocycles. The fraction of sp³-hybridized carbons (Fsp3) is 0.0556. The van der Waals surface area contributed by atoms with Gasteiger partial charge in [0.05, 0.1) is 0 Å². The second kappa shape index (κ2) is 9.61. The average molecular weight is 334 g/mol. The third-order valence-corrected chi connectivity index (χ3v) is 2.87. The maximum Gasteiger partial charge on any atom is 6.00 e. The van der Waals surface area contributed by atoms with E-state index in [1.54, 1.807) is 0 Å². The SMILES string of the molecule is Cc1ccccc1NC(=O)N[c-]1cccc1.[Fe+6].c1cc[cH-]c1. The summed E-state index contributed by atoms with van der Waals surface area (Å²) >= 11 is 0. The van der Waals surface area contributed by atoms with Crippen LogP contribution in [0.25, 0.3) is 0 Å². The molecule has 0 unspecified atom stereocenters. The summed E-state index contributed by atoms with van der Waals surface area (Å²) in [5.41, 5.74) is 2.66. The van der Waals surface area contributed by atoms with E-state index in [-0.39, 0.29) is 23.1 Å². The van der Waals surface area contributed by atoms with Crippen molar-refractivity contribution in [1.29, 1.82) is 0 Å². The van der Waals surface area contributed by atoms with Crippen LogP contribution in [-0.4, -0.2) is 6.03 Å². The molecular weight excluding hydrogens is 316 g/mol. The van der Waals surface area contributed by atoms with E-state index in [0.29, 0.717) is 0 Å². The summed E-state index contributed by atoms with van der Waals surface area (Å²) in [5, 5.41) is 5.55. The summed E-state index contributed by atoms with van der Waals surface area (Å²) in [6.45, 7) is 1.96. The number of amides is 2. The Morgan fingerprint density at radius 1 is 1.00 bits per heavy atom. The zero-order valence-electron chi connectivity index (χ0n) is 12.3. The van der Waals surface area contributed by atoms with Crippen molar-refractivity contribution in [3.05, 3.63) is 84.4 Å². The third-order valence-electron chi connectivity index (χ3n) is 2.87. The summed E-state index contributed by atoms with van der Waals surface area (Å²) in [7, 11) is 0. The normalized spacial score (nSPS) is 8.95. The van der Waals surface area contributed by atoms with Gasteiger partial charge in [0.2, 0.25) is 6.03 Å². The van der Waals surface area contributed by atoms with Crippen LogP contribution in [0.4, 0.5) is 16.2 Å². The van der Waals surface area contributed by atoms with Crippen LogP contribution in [0.3, 0.4) is 0 Å². The third kappa shape index (κ3) is 6.00. The molecule has 22 heavy (non-hydrogen) atoms. The molecule has 0 spiro atoms. The van der Waals surface area contributed by atoms with Gasteiger partial charge in [-0.3, -0.25) is 0 Å².